The Kier molecular flexibility index (Phi) is 12.2. The minimum Gasteiger partial charge on any atom is -0.490 e. The summed E-state index contributed by atoms with van der Waals surface area (Å²) in [5.41, 5.74) is 1.44. The van der Waals surface area contributed by atoms with Crippen molar-refractivity contribution in [2.75, 3.05) is 19.8 Å². The Balaban J connectivity index is 1.68. The molecule has 0 saturated carbocycles. The van der Waals surface area contributed by atoms with E-state index in [4.69, 9.17) is 49.6 Å². The lowest BCUT2D eigenvalue weighted by atomic mass is 10.1. The standard InChI is InChI=1S/C27H28BrCl2NO5S2/c1-3-34-22-14-17(13-19(28)25(22)36-16-18-20(29)9-8-10-21(18)30)15-23-26(33)31(27(37)38-23)12-7-5-6-11-24(32)35-4-2/h8-10,13-15H,3-7,11-12,16H2,1-2H3/b23-15-. The van der Waals surface area contributed by atoms with Crippen molar-refractivity contribution in [2.45, 2.75) is 46.1 Å². The average molecular weight is 661 g/mol. The van der Waals surface area contributed by atoms with E-state index in [0.29, 0.717) is 67.0 Å². The van der Waals surface area contributed by atoms with E-state index in [1.807, 2.05) is 19.1 Å². The summed E-state index contributed by atoms with van der Waals surface area (Å²) in [6, 6.07) is 8.97. The number of hydrogen-bond acceptors (Lipinski definition) is 7. The first-order chi connectivity index (χ1) is 18.2. The van der Waals surface area contributed by atoms with Gasteiger partial charge < -0.3 is 14.2 Å². The predicted molar refractivity (Wildman–Crippen MR) is 161 cm³/mol. The van der Waals surface area contributed by atoms with Crippen molar-refractivity contribution >= 4 is 85.4 Å². The van der Waals surface area contributed by atoms with E-state index in [0.717, 1.165) is 24.8 Å². The van der Waals surface area contributed by atoms with Gasteiger partial charge in [-0.3, -0.25) is 14.5 Å². The van der Waals surface area contributed by atoms with E-state index < -0.39 is 0 Å². The highest BCUT2D eigenvalue weighted by Gasteiger charge is 2.31. The molecule has 38 heavy (non-hydrogen) atoms. The van der Waals surface area contributed by atoms with Crippen LogP contribution in [0.3, 0.4) is 0 Å². The van der Waals surface area contributed by atoms with Crippen LogP contribution in [-0.2, 0) is 20.9 Å². The fourth-order valence-corrected chi connectivity index (χ4v) is 6.07. The lowest BCUT2D eigenvalue weighted by Crippen LogP contribution is -2.29. The quantitative estimate of drug-likeness (QED) is 0.0932. The first kappa shape index (κ1) is 30.8. The van der Waals surface area contributed by atoms with Gasteiger partial charge >= 0.3 is 5.97 Å². The Labute approximate surface area is 251 Å². The number of carbonyl (C=O) groups is 2. The number of amides is 1. The summed E-state index contributed by atoms with van der Waals surface area (Å²) < 4.78 is 18.0. The van der Waals surface area contributed by atoms with E-state index in [9.17, 15) is 9.59 Å². The van der Waals surface area contributed by atoms with E-state index in [-0.39, 0.29) is 18.5 Å². The van der Waals surface area contributed by atoms with E-state index in [2.05, 4.69) is 15.9 Å². The molecule has 3 rings (SSSR count). The Bertz CT molecular complexity index is 1200. The number of ether oxygens (including phenoxy) is 3. The topological polar surface area (TPSA) is 65.1 Å². The molecule has 6 nitrogen and oxygen atoms in total. The van der Waals surface area contributed by atoms with Gasteiger partial charge in [-0.1, -0.05) is 59.7 Å². The van der Waals surface area contributed by atoms with Crippen LogP contribution in [0, 0.1) is 0 Å². The maximum atomic E-state index is 13.0. The number of hydrogen-bond donors (Lipinski definition) is 0. The molecule has 2 aromatic rings. The second-order valence-electron chi connectivity index (χ2n) is 8.20. The largest absolute Gasteiger partial charge is 0.490 e. The molecule has 2 aromatic carbocycles. The smallest absolute Gasteiger partial charge is 0.305 e. The molecule has 1 saturated heterocycles. The highest BCUT2D eigenvalue weighted by Crippen LogP contribution is 2.40. The maximum absolute atomic E-state index is 13.0. The molecule has 1 amide bonds. The van der Waals surface area contributed by atoms with Gasteiger partial charge in [0.25, 0.3) is 5.91 Å². The van der Waals surface area contributed by atoms with E-state index >= 15 is 0 Å². The third-order valence-corrected chi connectivity index (χ3v) is 8.17. The molecule has 204 valence electrons. The second-order valence-corrected chi connectivity index (χ2v) is 11.5. The summed E-state index contributed by atoms with van der Waals surface area (Å²) in [5, 5.41) is 1.04. The van der Waals surface area contributed by atoms with Crippen LogP contribution in [0.4, 0.5) is 0 Å². The summed E-state index contributed by atoms with van der Waals surface area (Å²) in [6.07, 6.45) is 4.45. The van der Waals surface area contributed by atoms with Crippen molar-refractivity contribution in [3.05, 3.63) is 60.9 Å². The van der Waals surface area contributed by atoms with Gasteiger partial charge in [0, 0.05) is 28.6 Å². The van der Waals surface area contributed by atoms with Crippen molar-refractivity contribution in [3.8, 4) is 11.5 Å². The van der Waals surface area contributed by atoms with E-state index in [1.54, 1.807) is 36.1 Å². The maximum Gasteiger partial charge on any atom is 0.305 e. The lowest BCUT2D eigenvalue weighted by molar-refractivity contribution is -0.143. The summed E-state index contributed by atoms with van der Waals surface area (Å²) in [7, 11) is 0. The zero-order valence-electron chi connectivity index (χ0n) is 21.1. The summed E-state index contributed by atoms with van der Waals surface area (Å²) in [6.45, 7) is 5.16. The molecule has 0 aromatic heterocycles. The minimum absolute atomic E-state index is 0.131. The first-order valence-corrected chi connectivity index (χ1v) is 15.0. The van der Waals surface area contributed by atoms with Gasteiger partial charge in [0.1, 0.15) is 10.9 Å². The molecule has 1 aliphatic rings. The van der Waals surface area contributed by atoms with Crippen molar-refractivity contribution in [3.63, 3.8) is 0 Å². The van der Waals surface area contributed by atoms with Gasteiger partial charge in [0.05, 0.1) is 22.6 Å². The van der Waals surface area contributed by atoms with Crippen LogP contribution in [0.5, 0.6) is 11.5 Å². The number of rotatable bonds is 13. The van der Waals surface area contributed by atoms with E-state index in [1.165, 1.54) is 11.8 Å². The molecule has 0 spiro atoms. The highest BCUT2D eigenvalue weighted by molar-refractivity contribution is 9.10. The number of unbranched alkanes of at least 4 members (excludes halogenated alkanes) is 2. The number of benzene rings is 2. The number of halogens is 3. The van der Waals surface area contributed by atoms with Gasteiger partial charge in [-0.25, -0.2) is 0 Å². The van der Waals surface area contributed by atoms with Gasteiger partial charge in [-0.2, -0.15) is 0 Å². The molecule has 1 aliphatic heterocycles. The third-order valence-electron chi connectivity index (χ3n) is 5.49. The molecule has 0 bridgehead atoms. The lowest BCUT2D eigenvalue weighted by Gasteiger charge is -2.16. The first-order valence-electron chi connectivity index (χ1n) is 12.2. The molecule has 0 aliphatic carbocycles. The number of thioether (sulfide) groups is 1. The van der Waals surface area contributed by atoms with Crippen molar-refractivity contribution < 1.29 is 23.8 Å². The number of esters is 1. The van der Waals surface area contributed by atoms with Crippen LogP contribution < -0.4 is 9.47 Å². The van der Waals surface area contributed by atoms with Gasteiger partial charge in [0.15, 0.2) is 11.5 Å². The average Bonchev–Trinajstić information content (AvgIpc) is 3.12. The highest BCUT2D eigenvalue weighted by atomic mass is 79.9. The predicted octanol–water partition coefficient (Wildman–Crippen LogP) is 8.06. The second kappa shape index (κ2) is 15.1. The molecule has 1 fully saturated rings. The summed E-state index contributed by atoms with van der Waals surface area (Å²) in [4.78, 5) is 26.7. The Morgan fingerprint density at radius 2 is 1.84 bits per heavy atom. The zero-order valence-corrected chi connectivity index (χ0v) is 25.8. The fourth-order valence-electron chi connectivity index (χ4n) is 3.68. The number of nitrogens with zero attached hydrogens (tertiary/aromatic N) is 1. The zero-order chi connectivity index (χ0) is 27.7. The van der Waals surface area contributed by atoms with Gasteiger partial charge in [0.2, 0.25) is 0 Å². The minimum atomic E-state index is -0.192. The third kappa shape index (κ3) is 8.36. The fraction of sp³-hybridized carbons (Fsp3) is 0.370. The van der Waals surface area contributed by atoms with Crippen molar-refractivity contribution in [1.29, 1.82) is 0 Å². The Morgan fingerprint density at radius 3 is 2.53 bits per heavy atom. The van der Waals surface area contributed by atoms with Crippen LogP contribution in [-0.4, -0.2) is 40.9 Å². The summed E-state index contributed by atoms with van der Waals surface area (Å²) >= 11 is 22.9. The van der Waals surface area contributed by atoms with Crippen LogP contribution in [0.2, 0.25) is 10.0 Å². The van der Waals surface area contributed by atoms with Crippen molar-refractivity contribution in [1.82, 2.24) is 4.90 Å². The van der Waals surface area contributed by atoms with Crippen molar-refractivity contribution in [2.24, 2.45) is 0 Å². The Morgan fingerprint density at radius 1 is 1.11 bits per heavy atom. The molecule has 0 atom stereocenters. The van der Waals surface area contributed by atoms with Gasteiger partial charge in [-0.05, 0) is 78.5 Å². The van der Waals surface area contributed by atoms with Crippen LogP contribution in [0.1, 0.15) is 50.7 Å². The normalized spacial score (nSPS) is 14.3. The molecule has 0 radical (unpaired) electrons. The molecule has 0 N–H and O–H groups in total. The van der Waals surface area contributed by atoms with Crippen LogP contribution in [0.15, 0.2) is 39.7 Å². The van der Waals surface area contributed by atoms with Crippen LogP contribution >= 0.6 is 63.1 Å². The van der Waals surface area contributed by atoms with Gasteiger partial charge in [-0.15, -0.1) is 0 Å². The van der Waals surface area contributed by atoms with Crippen LogP contribution in [0.25, 0.3) is 6.08 Å². The number of carbonyl (C=O) groups excluding carboxylic acids is 2. The molecule has 1 heterocycles. The molecular formula is C27H28BrCl2NO5S2. The summed E-state index contributed by atoms with van der Waals surface area (Å²) in [5.74, 6) is 0.708. The molecule has 11 heteroatoms. The Hall–Kier alpha value is -1.78. The molecule has 0 unspecified atom stereocenters. The molecular weight excluding hydrogens is 633 g/mol. The monoisotopic (exact) mass is 659 g/mol. The number of thiocarbonyl (C=S) groups is 1. The SMILES string of the molecule is CCOC(=O)CCCCCN1C(=O)/C(=C/c2cc(Br)c(OCc3c(Cl)cccc3Cl)c(OCC)c2)SC1=S.